The number of hydrogen-bond donors (Lipinski definition) is 0. The number of benzene rings is 3. The van der Waals surface area contributed by atoms with E-state index in [1.807, 2.05) is 0 Å². The van der Waals surface area contributed by atoms with Crippen molar-refractivity contribution >= 4 is 9.42 Å². The summed E-state index contributed by atoms with van der Waals surface area (Å²) in [4.78, 5) is 0. The first-order valence-corrected chi connectivity index (χ1v) is 9.05. The van der Waals surface area contributed by atoms with Gasteiger partial charge in [-0.1, -0.05) is 6.07 Å². The molecule has 0 aliphatic heterocycles. The Kier molecular flexibility index (Phi) is 6.30. The van der Waals surface area contributed by atoms with Crippen molar-refractivity contribution in [3.05, 3.63) is 84.4 Å². The maximum atomic E-state index is 13.9. The van der Waals surface area contributed by atoms with E-state index in [-0.39, 0.29) is 11.1 Å². The van der Waals surface area contributed by atoms with Crippen LogP contribution >= 0.6 is 9.42 Å². The van der Waals surface area contributed by atoms with Crippen LogP contribution in [0.3, 0.4) is 0 Å². The van der Waals surface area contributed by atoms with Crippen molar-refractivity contribution in [2.45, 2.75) is 0 Å². The van der Waals surface area contributed by atoms with Gasteiger partial charge in [-0.15, -0.1) is 12.1 Å². The number of rotatable bonds is 2. The molecule has 0 atom stereocenters. The van der Waals surface area contributed by atoms with E-state index < -0.39 is 11.6 Å². The molecule has 3 aromatic rings. The maximum absolute atomic E-state index is 13.9. The van der Waals surface area contributed by atoms with Crippen LogP contribution in [0.25, 0.3) is 22.3 Å². The van der Waals surface area contributed by atoms with Crippen LogP contribution in [0.1, 0.15) is 0 Å². The summed E-state index contributed by atoms with van der Waals surface area (Å²) >= 11 is 1.61. The van der Waals surface area contributed by atoms with Gasteiger partial charge in [-0.3, -0.25) is 8.78 Å². The molecular weight excluding hydrogens is 485 g/mol. The molecule has 0 N–H and O–H groups in total. The summed E-state index contributed by atoms with van der Waals surface area (Å²) in [7, 11) is 4.61. The fourth-order valence-corrected chi connectivity index (χ4v) is 1.99. The molecule has 4 heteroatoms. The third-order valence-corrected chi connectivity index (χ3v) is 2.94. The monoisotopic (exact) mass is 493 g/mol. The normalized spacial score (nSPS) is 9.86. The van der Waals surface area contributed by atoms with Gasteiger partial charge in [0.05, 0.1) is 0 Å². The van der Waals surface area contributed by atoms with E-state index in [4.69, 9.17) is 0 Å². The van der Waals surface area contributed by atoms with Crippen LogP contribution in [-0.2, 0) is 18.8 Å². The summed E-state index contributed by atoms with van der Waals surface area (Å²) < 4.78 is 27.9. The predicted molar refractivity (Wildman–Crippen MR) is 79.6 cm³/mol. The summed E-state index contributed by atoms with van der Waals surface area (Å²) in [6.07, 6.45) is 0. The SMILES string of the molecule is Fc1cc(F)c(-c2[c-]cccc2)[c-]c1-c1[c-]cccc1.[Cl][Pt]. The molecule has 3 rings (SSSR count). The molecule has 0 aliphatic carbocycles. The van der Waals surface area contributed by atoms with Gasteiger partial charge in [0, 0.05) is 11.6 Å². The molecule has 0 aliphatic rings. The summed E-state index contributed by atoms with van der Waals surface area (Å²) in [5.74, 6) is -1.30. The first-order valence-electron chi connectivity index (χ1n) is 6.23. The van der Waals surface area contributed by atoms with Crippen molar-refractivity contribution in [1.29, 1.82) is 0 Å². The van der Waals surface area contributed by atoms with E-state index in [2.05, 4.69) is 27.6 Å². The standard InChI is InChI=1S/C18H9F2.ClH.Pt/c19-17-12-18(20)16(14-9-5-2-6-10-14)11-15(17)13-7-3-1-4-8-13;;/h1-7,9,12H;1H;/q-3;;+1/p-1. The molecule has 0 saturated heterocycles. The molecule has 22 heavy (non-hydrogen) atoms. The van der Waals surface area contributed by atoms with Crippen LogP contribution in [0.2, 0.25) is 0 Å². The van der Waals surface area contributed by atoms with Crippen LogP contribution in [0.4, 0.5) is 8.78 Å². The molecule has 0 fully saturated rings. The third-order valence-electron chi connectivity index (χ3n) is 2.94. The molecule has 0 spiro atoms. The van der Waals surface area contributed by atoms with Crippen LogP contribution in [-0.4, -0.2) is 0 Å². The Hall–Kier alpha value is -1.50. The number of halogens is 3. The minimum absolute atomic E-state index is 0.208. The average molecular weight is 494 g/mol. The molecule has 0 heterocycles. The molecule has 3 aromatic carbocycles. The zero-order valence-electron chi connectivity index (χ0n) is 11.1. The Morgan fingerprint density at radius 2 is 1.23 bits per heavy atom. The summed E-state index contributed by atoms with van der Waals surface area (Å²) in [5, 5.41) is 0. The Bertz CT molecular complexity index is 670. The second-order valence-electron chi connectivity index (χ2n) is 4.27. The van der Waals surface area contributed by atoms with Gasteiger partial charge in [-0.2, -0.15) is 59.7 Å². The van der Waals surface area contributed by atoms with Gasteiger partial charge in [0.25, 0.3) is 0 Å². The van der Waals surface area contributed by atoms with Crippen molar-refractivity contribution in [1.82, 2.24) is 0 Å². The van der Waals surface area contributed by atoms with Crippen molar-refractivity contribution in [2.75, 3.05) is 0 Å². The van der Waals surface area contributed by atoms with E-state index in [0.717, 1.165) is 6.07 Å². The van der Waals surface area contributed by atoms with Gasteiger partial charge in [-0.25, -0.2) is 17.2 Å². The van der Waals surface area contributed by atoms with Gasteiger partial charge in [-0.05, 0) is 0 Å². The first kappa shape index (κ1) is 16.9. The van der Waals surface area contributed by atoms with Crippen molar-refractivity contribution in [3.8, 4) is 22.3 Å². The molecular formula is C18H9ClF2Pt-3. The average Bonchev–Trinajstić information content (AvgIpc) is 2.58. The van der Waals surface area contributed by atoms with Gasteiger partial charge >= 0.3 is 28.2 Å². The van der Waals surface area contributed by atoms with Crippen LogP contribution < -0.4 is 0 Å². The number of hydrogen-bond acceptors (Lipinski definition) is 0. The Morgan fingerprint density at radius 1 is 0.773 bits per heavy atom. The topological polar surface area (TPSA) is 0 Å². The molecule has 0 amide bonds. The van der Waals surface area contributed by atoms with Crippen molar-refractivity contribution < 1.29 is 27.6 Å². The molecule has 0 saturated carbocycles. The molecule has 115 valence electrons. The fourth-order valence-electron chi connectivity index (χ4n) is 1.99. The van der Waals surface area contributed by atoms with E-state index >= 15 is 0 Å². The Balaban J connectivity index is 0.000000847. The van der Waals surface area contributed by atoms with Gasteiger partial charge in [0.1, 0.15) is 0 Å². The van der Waals surface area contributed by atoms with E-state index in [1.165, 1.54) is 0 Å². The third kappa shape index (κ3) is 3.82. The van der Waals surface area contributed by atoms with E-state index in [9.17, 15) is 8.78 Å². The molecule has 0 unspecified atom stereocenters. The van der Waals surface area contributed by atoms with Crippen LogP contribution in [0.5, 0.6) is 0 Å². The zero-order chi connectivity index (χ0) is 15.9. The molecule has 0 nitrogen and oxygen atoms in total. The fraction of sp³-hybridized carbons (Fsp3) is 0. The molecule has 0 radical (unpaired) electrons. The second kappa shape index (κ2) is 8.22. The van der Waals surface area contributed by atoms with Gasteiger partial charge in [0.2, 0.25) is 0 Å². The van der Waals surface area contributed by atoms with E-state index in [0.29, 0.717) is 11.1 Å². The molecule has 0 bridgehead atoms. The first-order chi connectivity index (χ1) is 10.8. The second-order valence-corrected chi connectivity index (χ2v) is 4.27. The Morgan fingerprint density at radius 3 is 1.59 bits per heavy atom. The van der Waals surface area contributed by atoms with Crippen molar-refractivity contribution in [3.63, 3.8) is 0 Å². The van der Waals surface area contributed by atoms with Gasteiger partial charge < -0.3 is 0 Å². The van der Waals surface area contributed by atoms with Crippen LogP contribution in [0.15, 0.2) is 54.6 Å². The Labute approximate surface area is 143 Å². The summed E-state index contributed by atoms with van der Waals surface area (Å²) in [5.41, 5.74) is 1.50. The van der Waals surface area contributed by atoms with E-state index in [1.54, 1.807) is 67.3 Å². The molecule has 0 aromatic heterocycles. The summed E-state index contributed by atoms with van der Waals surface area (Å²) in [6.45, 7) is 0. The zero-order valence-corrected chi connectivity index (χ0v) is 14.2. The van der Waals surface area contributed by atoms with Crippen LogP contribution in [0, 0.1) is 29.8 Å². The predicted octanol–water partition coefficient (Wildman–Crippen LogP) is 5.39. The quantitative estimate of drug-likeness (QED) is 0.420. The minimum atomic E-state index is -0.648. The summed E-state index contributed by atoms with van der Waals surface area (Å²) in [6, 6.07) is 23.4. The van der Waals surface area contributed by atoms with Gasteiger partial charge in [0.15, 0.2) is 0 Å². The van der Waals surface area contributed by atoms with Crippen molar-refractivity contribution in [2.24, 2.45) is 0 Å².